The molecule has 1 atom stereocenters. The molecule has 0 bridgehead atoms. The van der Waals surface area contributed by atoms with Gasteiger partial charge in [-0.1, -0.05) is 0 Å². The van der Waals surface area contributed by atoms with E-state index in [0.717, 1.165) is 24.7 Å². The summed E-state index contributed by atoms with van der Waals surface area (Å²) in [4.78, 5) is 7.74. The summed E-state index contributed by atoms with van der Waals surface area (Å²) in [5, 5.41) is 7.56. The van der Waals surface area contributed by atoms with Gasteiger partial charge >= 0.3 is 0 Å². The lowest BCUT2D eigenvalue weighted by atomic mass is 10.2. The molecule has 0 aliphatic carbocycles. The van der Waals surface area contributed by atoms with E-state index in [0.29, 0.717) is 6.61 Å². The summed E-state index contributed by atoms with van der Waals surface area (Å²) in [5.74, 6) is 0.959. The summed E-state index contributed by atoms with van der Waals surface area (Å²) in [6, 6.07) is 2.29. The Hall–Kier alpha value is -1.17. The summed E-state index contributed by atoms with van der Waals surface area (Å²) < 4.78 is 5.42. The normalized spacial score (nSPS) is 21.1. The molecular formula is C11H13N3OS. The summed E-state index contributed by atoms with van der Waals surface area (Å²) in [7, 11) is 0. The number of nitrogens with zero attached hydrogens (tertiary/aromatic N) is 1. The van der Waals surface area contributed by atoms with Gasteiger partial charge in [0.2, 0.25) is 0 Å². The summed E-state index contributed by atoms with van der Waals surface area (Å²) in [6.45, 7) is 2.37. The van der Waals surface area contributed by atoms with Crippen LogP contribution in [0.4, 0.5) is 0 Å². The topological polar surface area (TPSA) is 49.9 Å². The van der Waals surface area contributed by atoms with Gasteiger partial charge in [-0.15, -0.1) is 0 Å². The molecule has 3 heterocycles. The zero-order valence-corrected chi connectivity index (χ0v) is 9.59. The maximum absolute atomic E-state index is 5.42. The molecule has 1 aliphatic heterocycles. The van der Waals surface area contributed by atoms with Gasteiger partial charge in [0.05, 0.1) is 31.1 Å². The molecule has 1 fully saturated rings. The monoisotopic (exact) mass is 235 g/mol. The van der Waals surface area contributed by atoms with Gasteiger partial charge in [-0.25, -0.2) is 4.98 Å². The Morgan fingerprint density at radius 1 is 1.50 bits per heavy atom. The van der Waals surface area contributed by atoms with E-state index in [1.807, 2.05) is 6.20 Å². The van der Waals surface area contributed by atoms with Gasteiger partial charge in [-0.2, -0.15) is 11.3 Å². The van der Waals surface area contributed by atoms with Crippen LogP contribution in [0, 0.1) is 0 Å². The maximum atomic E-state index is 5.42. The van der Waals surface area contributed by atoms with Crippen molar-refractivity contribution < 1.29 is 4.74 Å². The van der Waals surface area contributed by atoms with Gasteiger partial charge in [0, 0.05) is 17.5 Å². The molecule has 2 aromatic heterocycles. The highest BCUT2D eigenvalue weighted by atomic mass is 32.1. The zero-order valence-electron chi connectivity index (χ0n) is 8.77. The Balaban J connectivity index is 1.82. The van der Waals surface area contributed by atoms with E-state index in [-0.39, 0.29) is 6.04 Å². The van der Waals surface area contributed by atoms with Gasteiger partial charge in [0.25, 0.3) is 0 Å². The predicted octanol–water partition coefficient (Wildman–Crippen LogP) is 1.80. The highest BCUT2D eigenvalue weighted by Gasteiger charge is 2.18. The van der Waals surface area contributed by atoms with Crippen molar-refractivity contribution in [1.29, 1.82) is 0 Å². The Morgan fingerprint density at radius 2 is 2.50 bits per heavy atom. The van der Waals surface area contributed by atoms with E-state index in [2.05, 4.69) is 32.1 Å². The van der Waals surface area contributed by atoms with Crippen LogP contribution in [0.5, 0.6) is 0 Å². The van der Waals surface area contributed by atoms with Crippen molar-refractivity contribution in [3.63, 3.8) is 0 Å². The number of H-pyrrole nitrogens is 1. The summed E-state index contributed by atoms with van der Waals surface area (Å²) in [5.41, 5.74) is 2.27. The first-order valence-corrected chi connectivity index (χ1v) is 6.26. The van der Waals surface area contributed by atoms with Crippen LogP contribution in [-0.4, -0.2) is 29.7 Å². The van der Waals surface area contributed by atoms with Gasteiger partial charge in [0.15, 0.2) is 0 Å². The number of aromatic amines is 1. The Kier molecular flexibility index (Phi) is 2.73. The van der Waals surface area contributed by atoms with Crippen molar-refractivity contribution in [2.45, 2.75) is 6.04 Å². The molecule has 0 saturated carbocycles. The molecule has 3 rings (SSSR count). The predicted molar refractivity (Wildman–Crippen MR) is 63.5 cm³/mol. The molecule has 5 heteroatoms. The smallest absolute Gasteiger partial charge is 0.126 e. The van der Waals surface area contributed by atoms with Crippen LogP contribution in [0.1, 0.15) is 11.9 Å². The highest BCUT2D eigenvalue weighted by Crippen LogP contribution is 2.22. The van der Waals surface area contributed by atoms with E-state index in [4.69, 9.17) is 4.74 Å². The molecule has 2 aromatic rings. The minimum atomic E-state index is 0.195. The van der Waals surface area contributed by atoms with E-state index in [1.165, 1.54) is 5.56 Å². The Labute approximate surface area is 97.7 Å². The standard InChI is InChI=1S/C11H13N3OS/c1-4-16-7-8(1)9-5-13-11(14-9)10-6-15-3-2-12-10/h1,4-5,7,10,12H,2-3,6H2,(H,13,14). The average Bonchev–Trinajstić information content (AvgIpc) is 3.01. The summed E-state index contributed by atoms with van der Waals surface area (Å²) in [6.07, 6.45) is 1.88. The number of hydrogen-bond donors (Lipinski definition) is 2. The Morgan fingerprint density at radius 3 is 3.25 bits per heavy atom. The molecule has 2 N–H and O–H groups in total. The lowest BCUT2D eigenvalue weighted by Crippen LogP contribution is -2.35. The van der Waals surface area contributed by atoms with Crippen LogP contribution < -0.4 is 5.32 Å². The van der Waals surface area contributed by atoms with Crippen molar-refractivity contribution in [1.82, 2.24) is 15.3 Å². The van der Waals surface area contributed by atoms with E-state index in [9.17, 15) is 0 Å². The van der Waals surface area contributed by atoms with E-state index in [1.54, 1.807) is 11.3 Å². The van der Waals surface area contributed by atoms with Gasteiger partial charge in [-0.05, 0) is 11.4 Å². The molecule has 0 spiro atoms. The van der Waals surface area contributed by atoms with Crippen LogP contribution in [0.15, 0.2) is 23.0 Å². The third-order valence-electron chi connectivity index (χ3n) is 2.68. The second kappa shape index (κ2) is 4.37. The molecule has 16 heavy (non-hydrogen) atoms. The van der Waals surface area contributed by atoms with Gasteiger partial charge in [-0.3, -0.25) is 0 Å². The van der Waals surface area contributed by atoms with Crippen LogP contribution in [0.2, 0.25) is 0 Å². The van der Waals surface area contributed by atoms with Crippen molar-refractivity contribution in [3.05, 3.63) is 28.8 Å². The lowest BCUT2D eigenvalue weighted by molar-refractivity contribution is 0.0745. The number of thiophene rings is 1. The molecule has 4 nitrogen and oxygen atoms in total. The number of imidazole rings is 1. The second-order valence-corrected chi connectivity index (χ2v) is 4.56. The van der Waals surface area contributed by atoms with Crippen LogP contribution in [0.25, 0.3) is 11.3 Å². The zero-order chi connectivity index (χ0) is 10.8. The number of hydrogen-bond acceptors (Lipinski definition) is 4. The fourth-order valence-corrected chi connectivity index (χ4v) is 2.48. The van der Waals surface area contributed by atoms with Crippen LogP contribution in [-0.2, 0) is 4.74 Å². The molecule has 0 radical (unpaired) electrons. The molecule has 1 saturated heterocycles. The number of nitrogens with one attached hydrogen (secondary N) is 2. The largest absolute Gasteiger partial charge is 0.378 e. The van der Waals surface area contributed by atoms with Crippen molar-refractivity contribution in [3.8, 4) is 11.3 Å². The third-order valence-corrected chi connectivity index (χ3v) is 3.36. The number of rotatable bonds is 2. The number of ether oxygens (including phenoxy) is 1. The van der Waals surface area contributed by atoms with Crippen LogP contribution in [0.3, 0.4) is 0 Å². The van der Waals surface area contributed by atoms with Crippen molar-refractivity contribution in [2.75, 3.05) is 19.8 Å². The van der Waals surface area contributed by atoms with Crippen molar-refractivity contribution >= 4 is 11.3 Å². The first kappa shape index (κ1) is 10.0. The molecule has 1 unspecified atom stereocenters. The Bertz CT molecular complexity index is 446. The third kappa shape index (κ3) is 1.89. The maximum Gasteiger partial charge on any atom is 0.126 e. The highest BCUT2D eigenvalue weighted by molar-refractivity contribution is 7.08. The molecule has 1 aliphatic rings. The first-order valence-electron chi connectivity index (χ1n) is 5.32. The minimum absolute atomic E-state index is 0.195. The number of aromatic nitrogens is 2. The quantitative estimate of drug-likeness (QED) is 0.834. The second-order valence-electron chi connectivity index (χ2n) is 3.78. The molecule has 84 valence electrons. The summed E-state index contributed by atoms with van der Waals surface area (Å²) >= 11 is 1.69. The van der Waals surface area contributed by atoms with Gasteiger partial charge < -0.3 is 15.0 Å². The minimum Gasteiger partial charge on any atom is -0.378 e. The van der Waals surface area contributed by atoms with Crippen molar-refractivity contribution in [2.24, 2.45) is 0 Å². The fourth-order valence-electron chi connectivity index (χ4n) is 1.82. The van der Waals surface area contributed by atoms with Gasteiger partial charge in [0.1, 0.15) is 5.82 Å². The first-order chi connectivity index (χ1) is 7.93. The molecule has 0 amide bonds. The van der Waals surface area contributed by atoms with E-state index < -0.39 is 0 Å². The fraction of sp³-hybridized carbons (Fsp3) is 0.364. The molecular weight excluding hydrogens is 222 g/mol. The average molecular weight is 235 g/mol. The van der Waals surface area contributed by atoms with E-state index >= 15 is 0 Å². The lowest BCUT2D eigenvalue weighted by Gasteiger charge is -2.21. The van der Waals surface area contributed by atoms with Crippen LogP contribution >= 0.6 is 11.3 Å². The molecule has 0 aromatic carbocycles. The number of morpholine rings is 1. The SMILES string of the molecule is c1cc(-c2cnc(C3COCCN3)[nH]2)cs1.